The van der Waals surface area contributed by atoms with Gasteiger partial charge in [-0.2, -0.15) is 11.3 Å². The molecule has 1 aromatic heterocycles. The van der Waals surface area contributed by atoms with Crippen molar-refractivity contribution in [1.82, 2.24) is 5.32 Å². The zero-order valence-electron chi connectivity index (χ0n) is 9.93. The van der Waals surface area contributed by atoms with E-state index in [4.69, 9.17) is 4.74 Å². The maximum Gasteiger partial charge on any atom is 0.0717 e. The molecule has 0 radical (unpaired) electrons. The van der Waals surface area contributed by atoms with Crippen molar-refractivity contribution in [2.24, 2.45) is 0 Å². The van der Waals surface area contributed by atoms with E-state index in [-0.39, 0.29) is 6.04 Å². The van der Waals surface area contributed by atoms with Gasteiger partial charge in [-0.05, 0) is 35.0 Å². The Hall–Kier alpha value is -1.16. The van der Waals surface area contributed by atoms with E-state index >= 15 is 0 Å². The molecule has 0 bridgehead atoms. The molecule has 0 amide bonds. The summed E-state index contributed by atoms with van der Waals surface area (Å²) in [7, 11) is 1.97. The summed E-state index contributed by atoms with van der Waals surface area (Å²) in [5, 5.41) is 7.53. The number of nitrogens with one attached hydrogen (secondary N) is 1. The van der Waals surface area contributed by atoms with Gasteiger partial charge >= 0.3 is 0 Å². The first-order chi connectivity index (χ1) is 8.40. The molecule has 0 aliphatic heterocycles. The maximum absolute atomic E-state index is 5.74. The molecule has 1 N–H and O–H groups in total. The van der Waals surface area contributed by atoms with Gasteiger partial charge in [0.2, 0.25) is 0 Å². The molecule has 1 atom stereocenters. The van der Waals surface area contributed by atoms with E-state index in [2.05, 4.69) is 34.3 Å². The second-order valence-corrected chi connectivity index (χ2v) is 4.68. The average Bonchev–Trinajstić information content (AvgIpc) is 2.90. The third kappa shape index (κ3) is 3.66. The van der Waals surface area contributed by atoms with Crippen LogP contribution in [0.2, 0.25) is 0 Å². The molecule has 17 heavy (non-hydrogen) atoms. The Labute approximate surface area is 106 Å². The number of benzene rings is 1. The molecule has 1 aromatic carbocycles. The van der Waals surface area contributed by atoms with E-state index in [0.29, 0.717) is 13.2 Å². The molecule has 0 saturated heterocycles. The molecule has 0 spiro atoms. The summed E-state index contributed by atoms with van der Waals surface area (Å²) < 4.78 is 5.74. The summed E-state index contributed by atoms with van der Waals surface area (Å²) in [4.78, 5) is 0. The highest BCUT2D eigenvalue weighted by atomic mass is 32.1. The van der Waals surface area contributed by atoms with Gasteiger partial charge in [-0.3, -0.25) is 0 Å². The predicted octanol–water partition coefficient (Wildman–Crippen LogP) is 3.23. The summed E-state index contributed by atoms with van der Waals surface area (Å²) in [6.07, 6.45) is 0. The summed E-state index contributed by atoms with van der Waals surface area (Å²) in [5.41, 5.74) is 2.51. The Morgan fingerprint density at radius 1 is 1.24 bits per heavy atom. The van der Waals surface area contributed by atoms with Gasteiger partial charge in [-0.15, -0.1) is 0 Å². The zero-order valence-corrected chi connectivity index (χ0v) is 10.7. The van der Waals surface area contributed by atoms with E-state index in [1.54, 1.807) is 11.3 Å². The summed E-state index contributed by atoms with van der Waals surface area (Å²) >= 11 is 1.72. The Bertz CT molecular complexity index is 413. The second kappa shape index (κ2) is 6.55. The number of hydrogen-bond donors (Lipinski definition) is 1. The van der Waals surface area contributed by atoms with Crippen LogP contribution >= 0.6 is 11.3 Å². The molecule has 90 valence electrons. The molecule has 2 nitrogen and oxygen atoms in total. The van der Waals surface area contributed by atoms with Crippen LogP contribution < -0.4 is 5.32 Å². The largest absolute Gasteiger partial charge is 0.375 e. The number of rotatable bonds is 6. The predicted molar refractivity (Wildman–Crippen MR) is 72.2 cm³/mol. The van der Waals surface area contributed by atoms with Gasteiger partial charge < -0.3 is 10.1 Å². The van der Waals surface area contributed by atoms with Crippen LogP contribution in [0.1, 0.15) is 17.2 Å². The standard InChI is InChI=1S/C14H17NOS/c1-15-14(13-7-8-17-11-13)10-16-9-12-5-3-2-4-6-12/h2-8,11,14-15H,9-10H2,1H3. The molecular formula is C14H17NOS. The lowest BCUT2D eigenvalue weighted by atomic mass is 10.2. The van der Waals surface area contributed by atoms with Crippen molar-refractivity contribution in [1.29, 1.82) is 0 Å². The molecule has 2 aromatic rings. The van der Waals surface area contributed by atoms with Crippen LogP contribution in [0.5, 0.6) is 0 Å². The number of ether oxygens (including phenoxy) is 1. The lowest BCUT2D eigenvalue weighted by Gasteiger charge is -2.15. The lowest BCUT2D eigenvalue weighted by Crippen LogP contribution is -2.21. The SMILES string of the molecule is CNC(COCc1ccccc1)c1ccsc1. The normalized spacial score (nSPS) is 12.5. The van der Waals surface area contributed by atoms with Crippen molar-refractivity contribution >= 4 is 11.3 Å². The molecule has 2 rings (SSSR count). The first-order valence-corrected chi connectivity index (χ1v) is 6.65. The lowest BCUT2D eigenvalue weighted by molar-refractivity contribution is 0.101. The highest BCUT2D eigenvalue weighted by molar-refractivity contribution is 7.07. The fourth-order valence-electron chi connectivity index (χ4n) is 1.69. The van der Waals surface area contributed by atoms with E-state index in [0.717, 1.165) is 0 Å². The van der Waals surface area contributed by atoms with E-state index in [1.807, 2.05) is 25.2 Å². The number of likely N-dealkylation sites (N-methyl/N-ethyl adjacent to an activating group) is 1. The van der Waals surface area contributed by atoms with Crippen LogP contribution in [-0.2, 0) is 11.3 Å². The Morgan fingerprint density at radius 3 is 2.71 bits per heavy atom. The van der Waals surface area contributed by atoms with Crippen LogP contribution in [0.15, 0.2) is 47.2 Å². The third-order valence-corrected chi connectivity index (χ3v) is 3.39. The van der Waals surface area contributed by atoms with Gasteiger partial charge in [0.1, 0.15) is 0 Å². The van der Waals surface area contributed by atoms with Crippen molar-refractivity contribution < 1.29 is 4.74 Å². The summed E-state index contributed by atoms with van der Waals surface area (Å²) in [6.45, 7) is 1.37. The van der Waals surface area contributed by atoms with Crippen LogP contribution in [0.4, 0.5) is 0 Å². The number of thiophene rings is 1. The monoisotopic (exact) mass is 247 g/mol. The van der Waals surface area contributed by atoms with Gasteiger partial charge in [-0.25, -0.2) is 0 Å². The minimum absolute atomic E-state index is 0.282. The van der Waals surface area contributed by atoms with E-state index in [1.165, 1.54) is 11.1 Å². The van der Waals surface area contributed by atoms with Crippen molar-refractivity contribution in [3.8, 4) is 0 Å². The fourth-order valence-corrected chi connectivity index (χ4v) is 2.40. The molecular weight excluding hydrogens is 230 g/mol. The summed E-state index contributed by atoms with van der Waals surface area (Å²) in [5.74, 6) is 0. The fraction of sp³-hybridized carbons (Fsp3) is 0.286. The minimum atomic E-state index is 0.282. The van der Waals surface area contributed by atoms with Crippen molar-refractivity contribution in [2.45, 2.75) is 12.6 Å². The topological polar surface area (TPSA) is 21.3 Å². The molecule has 0 aliphatic carbocycles. The molecule has 0 fully saturated rings. The van der Waals surface area contributed by atoms with Crippen molar-refractivity contribution in [3.63, 3.8) is 0 Å². The average molecular weight is 247 g/mol. The second-order valence-electron chi connectivity index (χ2n) is 3.90. The van der Waals surface area contributed by atoms with Gasteiger partial charge in [0, 0.05) is 0 Å². The Morgan fingerprint density at radius 2 is 2.06 bits per heavy atom. The van der Waals surface area contributed by atoms with E-state index < -0.39 is 0 Å². The van der Waals surface area contributed by atoms with Gasteiger partial charge in [0.15, 0.2) is 0 Å². The molecule has 1 heterocycles. The Balaban J connectivity index is 1.81. The first-order valence-electron chi connectivity index (χ1n) is 5.71. The quantitative estimate of drug-likeness (QED) is 0.846. The minimum Gasteiger partial charge on any atom is -0.375 e. The molecule has 1 unspecified atom stereocenters. The van der Waals surface area contributed by atoms with Gasteiger partial charge in [-0.1, -0.05) is 30.3 Å². The van der Waals surface area contributed by atoms with Gasteiger partial charge in [0.05, 0.1) is 19.3 Å². The molecule has 3 heteroatoms. The first kappa shape index (κ1) is 12.3. The van der Waals surface area contributed by atoms with Gasteiger partial charge in [0.25, 0.3) is 0 Å². The van der Waals surface area contributed by atoms with Crippen LogP contribution in [0.25, 0.3) is 0 Å². The summed E-state index contributed by atoms with van der Waals surface area (Å²) in [6, 6.07) is 12.7. The number of hydrogen-bond acceptors (Lipinski definition) is 3. The Kier molecular flexibility index (Phi) is 4.74. The van der Waals surface area contributed by atoms with Crippen LogP contribution in [0.3, 0.4) is 0 Å². The smallest absolute Gasteiger partial charge is 0.0717 e. The third-order valence-electron chi connectivity index (χ3n) is 2.69. The zero-order chi connectivity index (χ0) is 11.9. The van der Waals surface area contributed by atoms with Crippen molar-refractivity contribution in [2.75, 3.05) is 13.7 Å². The maximum atomic E-state index is 5.74. The van der Waals surface area contributed by atoms with Crippen molar-refractivity contribution in [3.05, 3.63) is 58.3 Å². The van der Waals surface area contributed by atoms with E-state index in [9.17, 15) is 0 Å². The molecule has 0 aliphatic rings. The highest BCUT2D eigenvalue weighted by Gasteiger charge is 2.09. The van der Waals surface area contributed by atoms with Crippen LogP contribution in [-0.4, -0.2) is 13.7 Å². The molecule has 0 saturated carbocycles. The highest BCUT2D eigenvalue weighted by Crippen LogP contribution is 2.16. The van der Waals surface area contributed by atoms with Crippen LogP contribution in [0, 0.1) is 0 Å².